The highest BCUT2D eigenvalue weighted by molar-refractivity contribution is 5.40. The normalized spacial score (nSPS) is 19.5. The average Bonchev–Trinajstić information content (AvgIpc) is 3.28. The van der Waals surface area contributed by atoms with Gasteiger partial charge in [0.15, 0.2) is 0 Å². The molecule has 18 heteroatoms. The molecule has 0 N–H and O–H groups in total. The Hall–Kier alpha value is -5.88. The van der Waals surface area contributed by atoms with E-state index in [0.29, 0.717) is 72.5 Å². The summed E-state index contributed by atoms with van der Waals surface area (Å²) >= 11 is 0. The van der Waals surface area contributed by atoms with Crippen molar-refractivity contribution < 1.29 is 70.9 Å². The lowest BCUT2D eigenvalue weighted by molar-refractivity contribution is -0.145. The second kappa shape index (κ2) is 19.6. The molecule has 4 aromatic carbocycles. The molecule has 2 heterocycles. The highest BCUT2D eigenvalue weighted by Gasteiger charge is 2.41. The minimum absolute atomic E-state index is 0.0955. The molecule has 0 aliphatic heterocycles. The highest BCUT2D eigenvalue weighted by Crippen LogP contribution is 2.44. The number of hydrogen-bond acceptors (Lipinski definition) is 4. The summed E-state index contributed by atoms with van der Waals surface area (Å²) in [6.45, 7) is 2.84. The Morgan fingerprint density at radius 2 is 0.765 bits per heavy atom. The molecule has 0 fully saturated rings. The van der Waals surface area contributed by atoms with Gasteiger partial charge in [-0.3, -0.25) is 9.97 Å². The number of alkyl halides is 12. The first kappa shape index (κ1) is 50.0. The van der Waals surface area contributed by atoms with E-state index in [9.17, 15) is 61.5 Å². The lowest BCUT2D eigenvalue weighted by Crippen LogP contribution is -2.31. The molecule has 0 saturated heterocycles. The maximum absolute atomic E-state index is 13.5. The van der Waals surface area contributed by atoms with Crippen molar-refractivity contribution in [1.82, 2.24) is 9.97 Å². The zero-order chi connectivity index (χ0) is 49.3. The van der Waals surface area contributed by atoms with Crippen molar-refractivity contribution in [2.24, 2.45) is 0 Å². The number of benzene rings is 4. The van der Waals surface area contributed by atoms with E-state index in [4.69, 9.17) is 9.47 Å². The molecule has 2 unspecified atom stereocenters. The summed E-state index contributed by atoms with van der Waals surface area (Å²) in [6, 6.07) is 21.8. The van der Waals surface area contributed by atoms with E-state index in [-0.39, 0.29) is 23.3 Å². The van der Waals surface area contributed by atoms with E-state index in [2.05, 4.69) is 9.97 Å². The van der Waals surface area contributed by atoms with Gasteiger partial charge >= 0.3 is 24.7 Å². The van der Waals surface area contributed by atoms with Gasteiger partial charge in [-0.1, -0.05) is 36.4 Å². The number of nitrogens with zero attached hydrogens (tertiary/aromatic N) is 2. The van der Waals surface area contributed by atoms with Gasteiger partial charge in [-0.05, 0) is 146 Å². The molecule has 8 rings (SSSR count). The summed E-state index contributed by atoms with van der Waals surface area (Å²) in [6.07, 6.45) is -17.8. The molecule has 6 atom stereocenters. The molecule has 6 aromatic rings. The Labute approximate surface area is 381 Å². The number of halogens is 14. The quantitative estimate of drug-likeness (QED) is 0.143. The summed E-state index contributed by atoms with van der Waals surface area (Å²) in [5.41, 5.74) is -1.33. The number of fused-ring (bicyclic) bond motifs is 2. The van der Waals surface area contributed by atoms with Gasteiger partial charge in [-0.25, -0.2) is 8.78 Å². The molecule has 4 nitrogen and oxygen atoms in total. The predicted octanol–water partition coefficient (Wildman–Crippen LogP) is 15.0. The van der Waals surface area contributed by atoms with Crippen molar-refractivity contribution in [3.05, 3.63) is 200 Å². The lowest BCUT2D eigenvalue weighted by atomic mass is 9.79. The van der Waals surface area contributed by atoms with Crippen LogP contribution in [0.2, 0.25) is 0 Å². The number of rotatable bonds is 8. The van der Waals surface area contributed by atoms with E-state index in [1.807, 2.05) is 12.1 Å². The van der Waals surface area contributed by atoms with Crippen LogP contribution in [0.4, 0.5) is 61.5 Å². The van der Waals surface area contributed by atoms with Crippen molar-refractivity contribution in [2.75, 3.05) is 0 Å². The van der Waals surface area contributed by atoms with Crippen molar-refractivity contribution in [3.63, 3.8) is 0 Å². The van der Waals surface area contributed by atoms with Crippen LogP contribution in [0.5, 0.6) is 0 Å². The number of aromatic nitrogens is 2. The third-order valence-corrected chi connectivity index (χ3v) is 12.0. The van der Waals surface area contributed by atoms with Crippen LogP contribution < -0.4 is 0 Å². The number of ether oxygens (including phenoxy) is 2. The first-order chi connectivity index (χ1) is 31.9. The summed E-state index contributed by atoms with van der Waals surface area (Å²) < 4.78 is 199. The third-order valence-electron chi connectivity index (χ3n) is 12.0. The fourth-order valence-electron chi connectivity index (χ4n) is 8.65. The SMILES string of the molecule is CC(O[C@@H]1CCc2cccnc2[C@H]1c1ccc(F)cc1)c1cc(C(F)(F)F)cc(C(F)(F)F)c1.CC(O[C@H]1CCc2cccnc2[C@@H]1c1ccc(F)cc1)c1cc(C(F)(F)F)cc(C(F)(F)F)c1. The van der Waals surface area contributed by atoms with Crippen LogP contribution >= 0.6 is 0 Å². The molecule has 0 spiro atoms. The Kier molecular flexibility index (Phi) is 14.4. The second-order valence-electron chi connectivity index (χ2n) is 16.5. The van der Waals surface area contributed by atoms with Gasteiger partial charge in [0.05, 0.1) is 69.9 Å². The molecular formula is C50H40F14N2O2. The van der Waals surface area contributed by atoms with E-state index in [1.165, 1.54) is 38.1 Å². The first-order valence-corrected chi connectivity index (χ1v) is 21.1. The lowest BCUT2D eigenvalue weighted by Gasteiger charge is -2.35. The zero-order valence-electron chi connectivity index (χ0n) is 35.8. The van der Waals surface area contributed by atoms with Crippen LogP contribution in [0.15, 0.2) is 122 Å². The molecule has 0 radical (unpaired) electrons. The van der Waals surface area contributed by atoms with Crippen molar-refractivity contribution >= 4 is 0 Å². The third kappa shape index (κ3) is 11.7. The first-order valence-electron chi connectivity index (χ1n) is 21.1. The van der Waals surface area contributed by atoms with Crippen molar-refractivity contribution in [3.8, 4) is 0 Å². The van der Waals surface area contributed by atoms with Gasteiger partial charge in [0, 0.05) is 12.4 Å². The molecular weight excluding hydrogens is 927 g/mol. The monoisotopic (exact) mass is 966 g/mol. The Balaban J connectivity index is 0.000000201. The molecule has 68 heavy (non-hydrogen) atoms. The summed E-state index contributed by atoms with van der Waals surface area (Å²) in [4.78, 5) is 8.90. The van der Waals surface area contributed by atoms with Crippen molar-refractivity contribution in [2.45, 2.75) is 100 Å². The van der Waals surface area contributed by atoms with Crippen LogP contribution in [0.3, 0.4) is 0 Å². The van der Waals surface area contributed by atoms with E-state index >= 15 is 0 Å². The Bertz CT molecular complexity index is 2430. The smallest absolute Gasteiger partial charge is 0.370 e. The summed E-state index contributed by atoms with van der Waals surface area (Å²) in [7, 11) is 0. The van der Waals surface area contributed by atoms with Crippen LogP contribution in [0.25, 0.3) is 0 Å². The molecule has 0 bridgehead atoms. The highest BCUT2D eigenvalue weighted by atomic mass is 19.4. The number of aryl methyl sites for hydroxylation is 2. The van der Waals surface area contributed by atoms with Gasteiger partial charge in [0.1, 0.15) is 11.6 Å². The molecule has 2 aliphatic carbocycles. The zero-order valence-corrected chi connectivity index (χ0v) is 35.8. The molecule has 2 aromatic heterocycles. The van der Waals surface area contributed by atoms with Gasteiger partial charge in [0.25, 0.3) is 0 Å². The summed E-state index contributed by atoms with van der Waals surface area (Å²) in [5, 5.41) is 0. The fourth-order valence-corrected chi connectivity index (χ4v) is 8.65. The van der Waals surface area contributed by atoms with Gasteiger partial charge < -0.3 is 9.47 Å². The molecule has 0 saturated carbocycles. The topological polar surface area (TPSA) is 44.2 Å². The van der Waals surface area contributed by atoms with Gasteiger partial charge in [0.2, 0.25) is 0 Å². The second-order valence-corrected chi connectivity index (χ2v) is 16.5. The van der Waals surface area contributed by atoms with Crippen LogP contribution in [-0.2, 0) is 47.0 Å². The number of pyridine rings is 2. The molecule has 360 valence electrons. The Morgan fingerprint density at radius 1 is 0.456 bits per heavy atom. The summed E-state index contributed by atoms with van der Waals surface area (Å²) in [5.74, 6) is -1.78. The van der Waals surface area contributed by atoms with E-state index < -0.39 is 94.8 Å². The molecule has 0 amide bonds. The van der Waals surface area contributed by atoms with E-state index in [0.717, 1.165) is 11.1 Å². The van der Waals surface area contributed by atoms with E-state index in [1.54, 1.807) is 48.8 Å². The predicted molar refractivity (Wildman–Crippen MR) is 221 cm³/mol. The minimum Gasteiger partial charge on any atom is -0.370 e. The van der Waals surface area contributed by atoms with Crippen LogP contribution in [0.1, 0.15) is 118 Å². The maximum Gasteiger partial charge on any atom is 0.416 e. The fraction of sp³-hybridized carbons (Fsp3) is 0.320. The largest absolute Gasteiger partial charge is 0.416 e. The van der Waals surface area contributed by atoms with Crippen molar-refractivity contribution in [1.29, 1.82) is 0 Å². The van der Waals surface area contributed by atoms with Crippen LogP contribution in [-0.4, -0.2) is 22.2 Å². The number of hydrogen-bond donors (Lipinski definition) is 0. The van der Waals surface area contributed by atoms with Gasteiger partial charge in [-0.15, -0.1) is 0 Å². The van der Waals surface area contributed by atoms with Gasteiger partial charge in [-0.2, -0.15) is 52.7 Å². The maximum atomic E-state index is 13.5. The Morgan fingerprint density at radius 3 is 1.06 bits per heavy atom. The molecule has 2 aliphatic rings. The minimum atomic E-state index is -4.94. The van der Waals surface area contributed by atoms with Crippen LogP contribution in [0, 0.1) is 11.6 Å². The average molecular weight is 967 g/mol. The standard InChI is InChI=1S/2C25H20F7NO/c2*1-14(17-11-18(24(27,28)29)13-19(12-17)25(30,31)32)34-21-9-6-16-3-2-10-33-23(16)22(21)15-4-7-20(26)8-5-15/h2*2-5,7-8,10-14,21-22H,6,9H2,1H3/t2*14?,21-,22+/m10/s1.